The fourth-order valence-electron chi connectivity index (χ4n) is 5.24. The third-order valence-corrected chi connectivity index (χ3v) is 7.53. The Morgan fingerprint density at radius 2 is 1.77 bits per heavy atom. The molecule has 0 spiro atoms. The highest BCUT2D eigenvalue weighted by Gasteiger charge is 2.30. The molecule has 0 unspecified atom stereocenters. The predicted octanol–water partition coefficient (Wildman–Crippen LogP) is 4.58. The molecule has 5 rings (SSSR count). The molecule has 4 aromatic rings. The first-order chi connectivity index (χ1) is 21.6. The minimum atomic E-state index is -0.239. The van der Waals surface area contributed by atoms with Gasteiger partial charge in [-0.1, -0.05) is 18.2 Å². The molecule has 10 heteroatoms. The number of benzene rings is 3. The molecule has 10 nitrogen and oxygen atoms in total. The van der Waals surface area contributed by atoms with Gasteiger partial charge < -0.3 is 38.5 Å². The lowest BCUT2D eigenvalue weighted by molar-refractivity contribution is -0.140. The van der Waals surface area contributed by atoms with Crippen molar-refractivity contribution >= 4 is 28.5 Å². The SMILES string of the molecule is COC(=O)CCn1ccc2cc(OC[C@H]3CNCC(=O)N3c3ccc(OCCCOCc4ccccc4OC)cc3)ccc21. The summed E-state index contributed by atoms with van der Waals surface area (Å²) in [6, 6.07) is 23.1. The third kappa shape index (κ3) is 7.89. The van der Waals surface area contributed by atoms with Gasteiger partial charge in [0.15, 0.2) is 0 Å². The number of piperazine rings is 1. The van der Waals surface area contributed by atoms with Crippen LogP contribution in [0.15, 0.2) is 79.0 Å². The number of nitrogens with zero attached hydrogens (tertiary/aromatic N) is 2. The van der Waals surface area contributed by atoms with E-state index in [1.165, 1.54) is 7.11 Å². The van der Waals surface area contributed by atoms with E-state index in [1.54, 1.807) is 12.0 Å². The normalized spacial score (nSPS) is 14.9. The number of hydrogen-bond acceptors (Lipinski definition) is 8. The molecule has 1 aliphatic rings. The van der Waals surface area contributed by atoms with Crippen LogP contribution in [0.1, 0.15) is 18.4 Å². The van der Waals surface area contributed by atoms with Crippen molar-refractivity contribution in [3.05, 3.63) is 84.6 Å². The summed E-state index contributed by atoms with van der Waals surface area (Å²) in [6.45, 7) is 3.35. The maximum atomic E-state index is 12.9. The Morgan fingerprint density at radius 1 is 0.955 bits per heavy atom. The lowest BCUT2D eigenvalue weighted by atomic mass is 10.1. The lowest BCUT2D eigenvalue weighted by Crippen LogP contribution is -2.57. The number of fused-ring (bicyclic) bond motifs is 1. The summed E-state index contributed by atoms with van der Waals surface area (Å²) in [7, 11) is 3.05. The zero-order valence-electron chi connectivity index (χ0n) is 25.2. The number of hydrogen-bond donors (Lipinski definition) is 1. The van der Waals surface area contributed by atoms with Crippen molar-refractivity contribution in [2.45, 2.75) is 32.0 Å². The number of esters is 1. The molecule has 1 amide bonds. The Bertz CT molecular complexity index is 1540. The number of rotatable bonds is 15. The van der Waals surface area contributed by atoms with Gasteiger partial charge in [-0.05, 0) is 54.6 Å². The van der Waals surface area contributed by atoms with Crippen LogP contribution in [0.5, 0.6) is 17.2 Å². The van der Waals surface area contributed by atoms with Gasteiger partial charge in [0.2, 0.25) is 5.91 Å². The van der Waals surface area contributed by atoms with Crippen molar-refractivity contribution in [3.63, 3.8) is 0 Å². The van der Waals surface area contributed by atoms with Crippen molar-refractivity contribution < 1.29 is 33.3 Å². The molecular weight excluding hydrogens is 562 g/mol. The summed E-state index contributed by atoms with van der Waals surface area (Å²) in [5.41, 5.74) is 2.83. The highest BCUT2D eigenvalue weighted by Crippen LogP contribution is 2.26. The van der Waals surface area contributed by atoms with Crippen LogP contribution >= 0.6 is 0 Å². The number of anilines is 1. The van der Waals surface area contributed by atoms with E-state index < -0.39 is 0 Å². The van der Waals surface area contributed by atoms with Crippen LogP contribution in [-0.4, -0.2) is 69.6 Å². The fourth-order valence-corrected chi connectivity index (χ4v) is 5.24. The van der Waals surface area contributed by atoms with E-state index in [1.807, 2.05) is 83.6 Å². The van der Waals surface area contributed by atoms with Crippen molar-refractivity contribution in [3.8, 4) is 17.2 Å². The molecule has 44 heavy (non-hydrogen) atoms. The average molecular weight is 602 g/mol. The summed E-state index contributed by atoms with van der Waals surface area (Å²) in [5.74, 6) is 2.03. The summed E-state index contributed by atoms with van der Waals surface area (Å²) < 4.78 is 30.0. The van der Waals surface area contributed by atoms with Crippen LogP contribution in [0.25, 0.3) is 10.9 Å². The molecule has 1 aliphatic heterocycles. The molecule has 1 atom stereocenters. The van der Waals surface area contributed by atoms with Gasteiger partial charge in [0, 0.05) is 47.9 Å². The second-order valence-corrected chi connectivity index (χ2v) is 10.5. The maximum Gasteiger partial charge on any atom is 0.307 e. The molecule has 232 valence electrons. The minimum Gasteiger partial charge on any atom is -0.496 e. The molecule has 1 fully saturated rings. The largest absolute Gasteiger partial charge is 0.496 e. The van der Waals surface area contributed by atoms with Crippen molar-refractivity contribution in [2.24, 2.45) is 0 Å². The van der Waals surface area contributed by atoms with Crippen LogP contribution in [0.3, 0.4) is 0 Å². The molecule has 0 aliphatic carbocycles. The van der Waals surface area contributed by atoms with Gasteiger partial charge >= 0.3 is 5.97 Å². The third-order valence-electron chi connectivity index (χ3n) is 7.53. The standard InChI is InChI=1S/C34H39N3O7/c1-40-32-7-4-3-6-26(32)23-42-18-5-19-43-29-10-8-27(9-11-29)37-28(21-35-22-33(37)38)24-44-30-12-13-31-25(20-30)14-16-36(31)17-15-34(39)41-2/h3-4,6-14,16,20,28,35H,5,15,17-19,21-24H2,1-2H3/t28-/m1/s1. The number of aromatic nitrogens is 1. The summed E-state index contributed by atoms with van der Waals surface area (Å²) in [6.07, 6.45) is 3.01. The molecule has 2 heterocycles. The van der Waals surface area contributed by atoms with E-state index in [9.17, 15) is 9.59 Å². The molecule has 3 aromatic carbocycles. The van der Waals surface area contributed by atoms with E-state index >= 15 is 0 Å². The Hall–Kier alpha value is -4.54. The van der Waals surface area contributed by atoms with E-state index in [2.05, 4.69) is 5.32 Å². The van der Waals surface area contributed by atoms with Crippen LogP contribution in [-0.2, 0) is 32.2 Å². The number of carbonyl (C=O) groups excluding carboxylic acids is 2. The highest BCUT2D eigenvalue weighted by atomic mass is 16.5. The minimum absolute atomic E-state index is 0.0103. The number of nitrogens with one attached hydrogen (secondary N) is 1. The highest BCUT2D eigenvalue weighted by molar-refractivity contribution is 5.96. The molecule has 1 N–H and O–H groups in total. The fraction of sp³-hybridized carbons (Fsp3) is 0.353. The van der Waals surface area contributed by atoms with Crippen LogP contribution in [0.4, 0.5) is 5.69 Å². The first-order valence-corrected chi connectivity index (χ1v) is 14.8. The van der Waals surface area contributed by atoms with Crippen molar-refractivity contribution in [1.29, 1.82) is 0 Å². The van der Waals surface area contributed by atoms with Crippen molar-refractivity contribution in [2.75, 3.05) is 52.0 Å². The van der Waals surface area contributed by atoms with Gasteiger partial charge in [0.05, 0.1) is 53.0 Å². The smallest absolute Gasteiger partial charge is 0.307 e. The molecule has 0 radical (unpaired) electrons. The molecule has 0 saturated carbocycles. The number of ether oxygens (including phenoxy) is 5. The number of methoxy groups -OCH3 is 2. The predicted molar refractivity (Wildman–Crippen MR) is 167 cm³/mol. The topological polar surface area (TPSA) is 100 Å². The Labute approximate surface area is 257 Å². The van der Waals surface area contributed by atoms with Gasteiger partial charge in [-0.25, -0.2) is 0 Å². The van der Waals surface area contributed by atoms with Crippen LogP contribution in [0.2, 0.25) is 0 Å². The Balaban J connectivity index is 1.11. The van der Waals surface area contributed by atoms with Crippen LogP contribution < -0.4 is 24.4 Å². The number of carbonyl (C=O) groups is 2. The number of amides is 1. The lowest BCUT2D eigenvalue weighted by Gasteiger charge is -2.36. The maximum absolute atomic E-state index is 12.9. The summed E-state index contributed by atoms with van der Waals surface area (Å²) in [4.78, 5) is 26.3. The second kappa shape index (κ2) is 15.3. The van der Waals surface area contributed by atoms with Gasteiger partial charge in [0.25, 0.3) is 0 Å². The Kier molecular flexibility index (Phi) is 10.7. The van der Waals surface area contributed by atoms with Crippen molar-refractivity contribution in [1.82, 2.24) is 9.88 Å². The van der Waals surface area contributed by atoms with Gasteiger partial charge in [-0.3, -0.25) is 9.59 Å². The van der Waals surface area contributed by atoms with Gasteiger partial charge in [0.1, 0.15) is 23.9 Å². The van der Waals surface area contributed by atoms with Gasteiger partial charge in [-0.15, -0.1) is 0 Å². The monoisotopic (exact) mass is 601 g/mol. The molecule has 1 saturated heterocycles. The van der Waals surface area contributed by atoms with E-state index in [-0.39, 0.29) is 24.5 Å². The second-order valence-electron chi connectivity index (χ2n) is 10.5. The summed E-state index contributed by atoms with van der Waals surface area (Å²) in [5, 5.41) is 4.21. The summed E-state index contributed by atoms with van der Waals surface area (Å²) >= 11 is 0. The first-order valence-electron chi connectivity index (χ1n) is 14.8. The van der Waals surface area contributed by atoms with E-state index in [0.29, 0.717) is 45.9 Å². The van der Waals surface area contributed by atoms with E-state index in [4.69, 9.17) is 23.7 Å². The Morgan fingerprint density at radius 3 is 2.59 bits per heavy atom. The number of para-hydroxylation sites is 1. The zero-order valence-corrected chi connectivity index (χ0v) is 25.2. The number of aryl methyl sites for hydroxylation is 1. The quantitative estimate of drug-likeness (QED) is 0.156. The first kappa shape index (κ1) is 30.9. The molecule has 1 aromatic heterocycles. The van der Waals surface area contributed by atoms with Gasteiger partial charge in [-0.2, -0.15) is 0 Å². The molecular formula is C34H39N3O7. The van der Waals surface area contributed by atoms with E-state index in [0.717, 1.165) is 45.8 Å². The molecule has 0 bridgehead atoms. The zero-order chi connectivity index (χ0) is 30.7. The average Bonchev–Trinajstić information content (AvgIpc) is 3.47. The van der Waals surface area contributed by atoms with Crippen LogP contribution in [0, 0.1) is 0 Å².